The fraction of sp³-hybridized carbons (Fsp3) is 0.344. The zero-order valence-corrected chi connectivity index (χ0v) is 52.9. The van der Waals surface area contributed by atoms with Crippen LogP contribution in [-0.4, -0.2) is 116 Å². The Hall–Kier alpha value is -6.94. The number of aliphatic carboxylic acids is 1. The molecule has 7 rings (SSSR count). The number of carboxylic acid groups (broad SMARTS) is 1. The number of unbranched alkanes of at least 4 members (excludes halogenated alkanes) is 3. The number of nitrogens with one attached hydrogen (secondary N) is 2. The van der Waals surface area contributed by atoms with Gasteiger partial charge < -0.3 is 27.4 Å². The number of para-hydroxylation sites is 1. The van der Waals surface area contributed by atoms with E-state index < -0.39 is 69.7 Å². The molecule has 1 aliphatic carbocycles. The van der Waals surface area contributed by atoms with Crippen molar-refractivity contribution < 1.29 is 95.9 Å². The van der Waals surface area contributed by atoms with Gasteiger partial charge in [0.2, 0.25) is 5.91 Å². The average Bonchev–Trinajstić information content (AvgIpc) is 1.60. The minimum atomic E-state index is -4.55. The first kappa shape index (κ1) is 70.2. The number of pyridine rings is 1. The van der Waals surface area contributed by atoms with Crippen molar-refractivity contribution in [3.63, 3.8) is 0 Å². The van der Waals surface area contributed by atoms with E-state index in [-0.39, 0.29) is 50.7 Å². The van der Waals surface area contributed by atoms with Crippen LogP contribution in [0.3, 0.4) is 0 Å². The molecule has 7 N–H and O–H groups in total. The fourth-order valence-corrected chi connectivity index (χ4v) is 11.9. The van der Waals surface area contributed by atoms with Gasteiger partial charge >= 0.3 is 292 Å². The van der Waals surface area contributed by atoms with E-state index in [1.807, 2.05) is 45.9 Å². The van der Waals surface area contributed by atoms with Crippen LogP contribution in [0, 0.1) is 13.0 Å². The summed E-state index contributed by atoms with van der Waals surface area (Å²) in [6.07, 6.45) is 14.3. The largest absolute Gasteiger partial charge is 0.343 e. The maximum Gasteiger partial charge on any atom is 0.264 e. The fourth-order valence-electron chi connectivity index (χ4n) is 9.65. The number of allylic oxidation sites excluding steroid dienone is 7. The molecule has 0 radical (unpaired) electrons. The summed E-state index contributed by atoms with van der Waals surface area (Å²) in [5.41, 5.74) is 3.14. The molecule has 1 aromatic heterocycles. The number of nitrogens with zero attached hydrogens (tertiary/aromatic N) is 2. The van der Waals surface area contributed by atoms with Gasteiger partial charge in [-0.25, -0.2) is 0 Å². The minimum absolute atomic E-state index is 0.135. The van der Waals surface area contributed by atoms with Gasteiger partial charge in [0.25, 0.3) is 26.1 Å². The maximum atomic E-state index is 12.9. The van der Waals surface area contributed by atoms with Gasteiger partial charge in [-0.3, -0.25) is 28.5 Å². The first-order chi connectivity index (χ1) is 41.2. The predicted molar refractivity (Wildman–Crippen MR) is 327 cm³/mol. The Morgan fingerprint density at radius 1 is 0.818 bits per heavy atom. The molecule has 5 aromatic rings. The number of aromatic nitrogens is 1. The van der Waals surface area contributed by atoms with Crippen LogP contribution in [0.2, 0.25) is 0 Å². The summed E-state index contributed by atoms with van der Waals surface area (Å²) in [5, 5.41) is 14.7. The van der Waals surface area contributed by atoms with Gasteiger partial charge in [-0.1, -0.05) is 25.0 Å². The van der Waals surface area contributed by atoms with Crippen molar-refractivity contribution in [1.29, 1.82) is 0 Å². The molecule has 0 atom stereocenters. The monoisotopic (exact) mass is 1330 g/mol. The summed E-state index contributed by atoms with van der Waals surface area (Å²) in [4.78, 5) is 42.1. The Kier molecular flexibility index (Phi) is 24.0. The van der Waals surface area contributed by atoms with Crippen LogP contribution in [-0.2, 0) is 75.9 Å². The van der Waals surface area contributed by atoms with Crippen molar-refractivity contribution in [1.82, 2.24) is 15.6 Å². The normalized spacial score (nSPS) is 15.5. The Morgan fingerprint density at radius 2 is 1.50 bits per heavy atom. The first-order valence-electron chi connectivity index (χ1n) is 27.7. The van der Waals surface area contributed by atoms with Crippen LogP contribution in [0.4, 0.5) is 5.69 Å². The van der Waals surface area contributed by atoms with E-state index in [2.05, 4.69) is 33.5 Å². The third-order valence-electron chi connectivity index (χ3n) is 14.4. The van der Waals surface area contributed by atoms with E-state index in [0.717, 1.165) is 22.5 Å². The zero-order chi connectivity index (χ0) is 64.8. The summed E-state index contributed by atoms with van der Waals surface area (Å²) in [6, 6.07) is 23.4. The molecule has 4 aromatic carbocycles. The van der Waals surface area contributed by atoms with Gasteiger partial charge in [-0.15, -0.1) is 0 Å². The molecule has 0 saturated heterocycles. The molecule has 1 aliphatic heterocycles. The first-order valence-corrected chi connectivity index (χ1v) is 34.1. The number of fused-ring (bicyclic) bond motifs is 2. The molecular formula is C61H70N4NiO18S4-2. The zero-order valence-electron chi connectivity index (χ0n) is 48.7. The molecule has 478 valence electrons. The van der Waals surface area contributed by atoms with Gasteiger partial charge in [-0.05, 0) is 31.0 Å². The predicted octanol–water partition coefficient (Wildman–Crippen LogP) is 8.90. The van der Waals surface area contributed by atoms with Crippen LogP contribution in [0.25, 0.3) is 10.9 Å². The van der Waals surface area contributed by atoms with Crippen molar-refractivity contribution in [3.05, 3.63) is 168 Å². The van der Waals surface area contributed by atoms with Crippen LogP contribution in [0.15, 0.2) is 153 Å². The van der Waals surface area contributed by atoms with Crippen molar-refractivity contribution in [2.75, 3.05) is 36.9 Å². The van der Waals surface area contributed by atoms with Crippen molar-refractivity contribution in [2.24, 2.45) is 0 Å². The number of carboxylic acids is 1. The van der Waals surface area contributed by atoms with Crippen LogP contribution in [0.1, 0.15) is 113 Å². The third-order valence-corrected chi connectivity index (χ3v) is 18.5. The number of carbonyl (C=O) groups is 3. The van der Waals surface area contributed by atoms with Gasteiger partial charge in [0, 0.05) is 24.5 Å². The Labute approximate surface area is 521 Å². The van der Waals surface area contributed by atoms with Gasteiger partial charge in [0.05, 0.1) is 22.8 Å². The Balaban J connectivity index is 0.00000144. The molecule has 27 heteroatoms. The third kappa shape index (κ3) is 19.3. The Morgan fingerprint density at radius 3 is 2.15 bits per heavy atom. The van der Waals surface area contributed by atoms with Crippen LogP contribution in [0.5, 0.6) is 11.5 Å². The SMILES string of the molecule is CC(C)([C](=[Ni])/C=C/C1=C(Oc2ccc(S(=O)(=O)O)cc2)C(=C/C=C2/N(CCCCCC(=O)NCCCOc3cccc4c(C(=O)NCC(=O)O)ccnc34)c3ccc(S(=O)(=O)O)cc3C2(C)C)/CCC1)c1[c-]ccc(S(=O)(=O)O)c1.[CH2-]CCCS(=O)(=O)O. The molecule has 0 unspecified atom stereocenters. The molecule has 0 fully saturated rings. The second kappa shape index (κ2) is 30.0. The summed E-state index contributed by atoms with van der Waals surface area (Å²) < 4.78 is 143. The summed E-state index contributed by atoms with van der Waals surface area (Å²) in [6.45, 7) is 11.5. The molecule has 2 amide bonds. The number of rotatable bonds is 27. The minimum Gasteiger partial charge on any atom is -0.343 e. The number of ether oxygens (including phenoxy) is 2. The van der Waals surface area contributed by atoms with Crippen molar-refractivity contribution in [3.8, 4) is 11.5 Å². The van der Waals surface area contributed by atoms with E-state index in [1.54, 1.807) is 30.3 Å². The molecule has 2 heterocycles. The number of amides is 2. The second-order valence-corrected chi connectivity index (χ2v) is 27.9. The number of benzene rings is 4. The van der Waals surface area contributed by atoms with Gasteiger partial charge in [0.15, 0.2) is 0 Å². The molecule has 88 heavy (non-hydrogen) atoms. The molecular weight excluding hydrogens is 1260 g/mol. The molecule has 0 saturated carbocycles. The topological polar surface area (TPSA) is 348 Å². The standard InChI is InChI=1S/C57H61N4O15S3.C4H9O3S.Ni/c1-56(2,40-16-9-17-43(35-40)78(69,70)71)30-11-15-38-13-8-14-39(54(38)76-41-22-24-42(25-23-41)77(66,67)68)21-28-50-57(3,4)47-36-44(79(72,73)74)26-27-48(47)61(50)33-7-5-6-20-51(62)58-31-12-34-75-49-19-10-18-45-46(29-32-59-53(45)49)55(65)60-37-52(63)64;1-2-3-4-8(5,6)7;/h9-11,15,17-19,21-29,32,35-36H,5-8,12-14,20,31,33-34,37H2,1-4H3,(H,58,62)(H,60,65)(H,63,64)(H,66,67,68)(H,69,70,71)(H,72,73,74);1-4H2,(H,5,6,7);/q2*-1;/b15-11+,39-21+,50-28+;;. The van der Waals surface area contributed by atoms with E-state index in [1.165, 1.54) is 66.9 Å². The van der Waals surface area contributed by atoms with E-state index in [9.17, 15) is 61.7 Å². The molecule has 0 spiro atoms. The smallest absolute Gasteiger partial charge is 0.264 e. The number of anilines is 1. The van der Waals surface area contributed by atoms with Gasteiger partial charge in [0.1, 0.15) is 17.8 Å². The molecule has 2 aliphatic rings. The summed E-state index contributed by atoms with van der Waals surface area (Å²) >= 11 is 5.50. The van der Waals surface area contributed by atoms with E-state index in [4.69, 9.17) is 34.2 Å². The quantitative estimate of drug-likeness (QED) is 0.0112. The van der Waals surface area contributed by atoms with E-state index in [0.29, 0.717) is 109 Å². The van der Waals surface area contributed by atoms with Crippen molar-refractivity contribution in [2.45, 2.75) is 117 Å². The second-order valence-electron chi connectivity index (χ2n) is 21.6. The molecule has 22 nitrogen and oxygen atoms in total. The number of hydrogen-bond acceptors (Lipinski definition) is 15. The van der Waals surface area contributed by atoms with Gasteiger partial charge in [-0.2, -0.15) is 23.3 Å². The number of hydrogen-bond donors (Lipinski definition) is 7. The summed E-state index contributed by atoms with van der Waals surface area (Å²) in [5.74, 6) is -0.877. The van der Waals surface area contributed by atoms with Crippen LogP contribution >= 0.6 is 0 Å². The van der Waals surface area contributed by atoms with Crippen molar-refractivity contribution >= 4 is 79.3 Å². The Bertz CT molecular complexity index is 4030. The van der Waals surface area contributed by atoms with E-state index >= 15 is 0 Å². The number of carbonyl (C=O) groups excluding carboxylic acids is 2. The summed E-state index contributed by atoms with van der Waals surface area (Å²) in [7, 11) is -17.3. The average molecular weight is 1330 g/mol. The maximum absolute atomic E-state index is 12.9. The van der Waals surface area contributed by atoms with Crippen LogP contribution < -0.4 is 25.0 Å². The molecule has 0 bridgehead atoms.